The molecule has 0 saturated heterocycles. The molecule has 0 bridgehead atoms. The number of hydrogen-bond donors (Lipinski definition) is 1. The minimum atomic E-state index is -0.196. The summed E-state index contributed by atoms with van der Waals surface area (Å²) >= 11 is 5.80. The maximum Gasteiger partial charge on any atom is 0.254 e. The summed E-state index contributed by atoms with van der Waals surface area (Å²) in [6, 6.07) is 3.34. The summed E-state index contributed by atoms with van der Waals surface area (Å²) < 4.78 is 5.30. The first kappa shape index (κ1) is 13.9. The molecule has 5 heteroatoms. The van der Waals surface area contributed by atoms with E-state index in [4.69, 9.17) is 16.3 Å². The lowest BCUT2D eigenvalue weighted by molar-refractivity contribution is 0.0941. The Hall–Kier alpha value is -1.13. The topological polar surface area (TPSA) is 51.2 Å². The summed E-state index contributed by atoms with van der Waals surface area (Å²) in [5.41, 5.74) is 0.406. The predicted molar refractivity (Wildman–Crippen MR) is 67.3 cm³/mol. The quantitative estimate of drug-likeness (QED) is 0.602. The number of hydrogen-bond acceptors (Lipinski definition) is 3. The van der Waals surface area contributed by atoms with E-state index in [-0.39, 0.29) is 11.1 Å². The highest BCUT2D eigenvalue weighted by atomic mass is 35.5. The highest BCUT2D eigenvalue weighted by Crippen LogP contribution is 2.10. The largest absolute Gasteiger partial charge is 0.381 e. The number of amides is 1. The van der Waals surface area contributed by atoms with Crippen molar-refractivity contribution in [3.8, 4) is 0 Å². The third-order valence-electron chi connectivity index (χ3n) is 2.10. The van der Waals surface area contributed by atoms with Crippen molar-refractivity contribution in [3.05, 3.63) is 29.0 Å². The summed E-state index contributed by atoms with van der Waals surface area (Å²) in [4.78, 5) is 15.5. The van der Waals surface area contributed by atoms with Crippen molar-refractivity contribution >= 4 is 17.5 Å². The third kappa shape index (κ3) is 5.15. The van der Waals surface area contributed by atoms with E-state index < -0.39 is 0 Å². The molecule has 0 saturated carbocycles. The Labute approximate surface area is 106 Å². The van der Waals surface area contributed by atoms with E-state index >= 15 is 0 Å². The minimum Gasteiger partial charge on any atom is -0.381 e. The van der Waals surface area contributed by atoms with Crippen LogP contribution in [-0.2, 0) is 4.74 Å². The molecule has 4 nitrogen and oxygen atoms in total. The Kier molecular flexibility index (Phi) is 6.58. The summed E-state index contributed by atoms with van der Waals surface area (Å²) in [7, 11) is 0. The molecule has 17 heavy (non-hydrogen) atoms. The molecule has 1 aromatic rings. The van der Waals surface area contributed by atoms with E-state index in [1.807, 2.05) is 0 Å². The molecule has 0 spiro atoms. The normalized spacial score (nSPS) is 10.2. The molecule has 0 aliphatic carbocycles. The van der Waals surface area contributed by atoms with Gasteiger partial charge in [-0.05, 0) is 25.0 Å². The number of nitrogens with one attached hydrogen (secondary N) is 1. The Balaban J connectivity index is 2.24. The van der Waals surface area contributed by atoms with Gasteiger partial charge in [-0.3, -0.25) is 4.79 Å². The molecular formula is C12H17ClN2O2. The fourth-order valence-electron chi connectivity index (χ4n) is 1.27. The average molecular weight is 257 g/mol. The van der Waals surface area contributed by atoms with Crippen molar-refractivity contribution in [1.82, 2.24) is 10.3 Å². The van der Waals surface area contributed by atoms with Crippen LogP contribution in [0.1, 0.15) is 30.1 Å². The molecule has 1 heterocycles. The second-order valence-electron chi connectivity index (χ2n) is 3.56. The predicted octanol–water partition coefficient (Wildman–Crippen LogP) is 2.28. The van der Waals surface area contributed by atoms with Gasteiger partial charge in [-0.25, -0.2) is 4.98 Å². The SMILES string of the molecule is CCCOCCCNC(=O)c1cccnc1Cl. The van der Waals surface area contributed by atoms with Gasteiger partial charge in [-0.1, -0.05) is 18.5 Å². The van der Waals surface area contributed by atoms with Crippen LogP contribution >= 0.6 is 11.6 Å². The van der Waals surface area contributed by atoms with Gasteiger partial charge in [0.05, 0.1) is 5.56 Å². The fraction of sp³-hybridized carbons (Fsp3) is 0.500. The van der Waals surface area contributed by atoms with Crippen LogP contribution < -0.4 is 5.32 Å². The zero-order valence-corrected chi connectivity index (χ0v) is 10.7. The molecule has 94 valence electrons. The number of aromatic nitrogens is 1. The second kappa shape index (κ2) is 8.03. The fourth-order valence-corrected chi connectivity index (χ4v) is 1.48. The smallest absolute Gasteiger partial charge is 0.254 e. The maximum absolute atomic E-state index is 11.7. The van der Waals surface area contributed by atoms with Crippen LogP contribution in [0.15, 0.2) is 18.3 Å². The monoisotopic (exact) mass is 256 g/mol. The van der Waals surface area contributed by atoms with Gasteiger partial charge in [0.2, 0.25) is 0 Å². The van der Waals surface area contributed by atoms with Crippen LogP contribution in [0.4, 0.5) is 0 Å². The van der Waals surface area contributed by atoms with E-state index in [1.165, 1.54) is 0 Å². The van der Waals surface area contributed by atoms with Crippen molar-refractivity contribution in [1.29, 1.82) is 0 Å². The average Bonchev–Trinajstić information content (AvgIpc) is 2.34. The van der Waals surface area contributed by atoms with E-state index in [0.29, 0.717) is 18.7 Å². The number of ether oxygens (including phenoxy) is 1. The molecule has 0 fully saturated rings. The lowest BCUT2D eigenvalue weighted by Crippen LogP contribution is -2.25. The van der Waals surface area contributed by atoms with E-state index in [9.17, 15) is 4.79 Å². The number of rotatable bonds is 7. The maximum atomic E-state index is 11.7. The van der Waals surface area contributed by atoms with Crippen LogP contribution in [0.3, 0.4) is 0 Å². The van der Waals surface area contributed by atoms with Crippen molar-refractivity contribution in [2.75, 3.05) is 19.8 Å². The molecule has 0 aliphatic rings. The van der Waals surface area contributed by atoms with Gasteiger partial charge >= 0.3 is 0 Å². The molecule has 0 aliphatic heterocycles. The van der Waals surface area contributed by atoms with Crippen LogP contribution in [-0.4, -0.2) is 30.6 Å². The molecule has 0 unspecified atom stereocenters. The lowest BCUT2D eigenvalue weighted by atomic mass is 10.2. The van der Waals surface area contributed by atoms with Gasteiger partial charge in [0.25, 0.3) is 5.91 Å². The van der Waals surface area contributed by atoms with Crippen LogP contribution in [0.5, 0.6) is 0 Å². The zero-order valence-electron chi connectivity index (χ0n) is 9.91. The first-order valence-corrected chi connectivity index (χ1v) is 6.10. The molecular weight excluding hydrogens is 240 g/mol. The highest BCUT2D eigenvalue weighted by molar-refractivity contribution is 6.32. The molecule has 0 atom stereocenters. The Bertz CT molecular complexity index is 358. The van der Waals surface area contributed by atoms with Crippen LogP contribution in [0.2, 0.25) is 5.15 Å². The standard InChI is InChI=1S/C12H17ClN2O2/c1-2-8-17-9-4-7-15-12(16)10-5-3-6-14-11(10)13/h3,5-6H,2,4,7-9H2,1H3,(H,15,16). The van der Waals surface area contributed by atoms with Crippen LogP contribution in [0, 0.1) is 0 Å². The van der Waals surface area contributed by atoms with Crippen molar-refractivity contribution in [3.63, 3.8) is 0 Å². The van der Waals surface area contributed by atoms with Gasteiger partial charge in [0.1, 0.15) is 5.15 Å². The summed E-state index contributed by atoms with van der Waals surface area (Å²) in [6.07, 6.45) is 3.36. The van der Waals surface area contributed by atoms with E-state index in [1.54, 1.807) is 18.3 Å². The number of nitrogens with zero attached hydrogens (tertiary/aromatic N) is 1. The Morgan fingerprint density at radius 1 is 1.53 bits per heavy atom. The Morgan fingerprint density at radius 3 is 3.06 bits per heavy atom. The number of carbonyl (C=O) groups excluding carboxylic acids is 1. The minimum absolute atomic E-state index is 0.196. The molecule has 0 aromatic carbocycles. The number of carbonyl (C=O) groups is 1. The van der Waals surface area contributed by atoms with Gasteiger partial charge in [-0.2, -0.15) is 0 Å². The van der Waals surface area contributed by atoms with Crippen molar-refractivity contribution in [2.24, 2.45) is 0 Å². The molecule has 1 aromatic heterocycles. The third-order valence-corrected chi connectivity index (χ3v) is 2.40. The van der Waals surface area contributed by atoms with Crippen molar-refractivity contribution < 1.29 is 9.53 Å². The number of halogens is 1. The first-order valence-electron chi connectivity index (χ1n) is 5.72. The van der Waals surface area contributed by atoms with Gasteiger partial charge in [0.15, 0.2) is 0 Å². The number of pyridine rings is 1. The first-order chi connectivity index (χ1) is 8.25. The zero-order chi connectivity index (χ0) is 12.5. The van der Waals surface area contributed by atoms with Crippen LogP contribution in [0.25, 0.3) is 0 Å². The molecule has 1 N–H and O–H groups in total. The lowest BCUT2D eigenvalue weighted by Gasteiger charge is -2.06. The Morgan fingerprint density at radius 2 is 2.35 bits per heavy atom. The van der Waals surface area contributed by atoms with Gasteiger partial charge in [-0.15, -0.1) is 0 Å². The summed E-state index contributed by atoms with van der Waals surface area (Å²) in [5.74, 6) is -0.196. The van der Waals surface area contributed by atoms with Crippen molar-refractivity contribution in [2.45, 2.75) is 19.8 Å². The summed E-state index contributed by atoms with van der Waals surface area (Å²) in [6.45, 7) is 4.07. The van der Waals surface area contributed by atoms with Gasteiger partial charge in [0, 0.05) is 26.0 Å². The van der Waals surface area contributed by atoms with E-state index in [0.717, 1.165) is 19.4 Å². The highest BCUT2D eigenvalue weighted by Gasteiger charge is 2.09. The summed E-state index contributed by atoms with van der Waals surface area (Å²) in [5, 5.41) is 3.00. The molecule has 1 amide bonds. The van der Waals surface area contributed by atoms with E-state index in [2.05, 4.69) is 17.2 Å². The van der Waals surface area contributed by atoms with Gasteiger partial charge < -0.3 is 10.1 Å². The molecule has 1 rings (SSSR count). The molecule has 0 radical (unpaired) electrons. The second-order valence-corrected chi connectivity index (χ2v) is 3.92.